The third kappa shape index (κ3) is 2.38. The van der Waals surface area contributed by atoms with Crippen molar-refractivity contribution < 1.29 is 4.79 Å². The van der Waals surface area contributed by atoms with Crippen molar-refractivity contribution in [3.63, 3.8) is 0 Å². The smallest absolute Gasteiger partial charge is 0.257 e. The Labute approximate surface area is 117 Å². The quantitative estimate of drug-likeness (QED) is 0.873. The Balaban J connectivity index is 1.62. The van der Waals surface area contributed by atoms with Crippen LogP contribution in [-0.2, 0) is 7.05 Å². The molecule has 1 amide bonds. The summed E-state index contributed by atoms with van der Waals surface area (Å²) >= 11 is 0. The van der Waals surface area contributed by atoms with E-state index in [9.17, 15) is 4.79 Å². The van der Waals surface area contributed by atoms with Crippen LogP contribution in [0.5, 0.6) is 0 Å². The molecule has 3 rings (SSSR count). The zero-order valence-corrected chi connectivity index (χ0v) is 11.4. The molecule has 2 aromatic heterocycles. The van der Waals surface area contributed by atoms with Gasteiger partial charge in [-0.15, -0.1) is 0 Å². The van der Waals surface area contributed by atoms with Gasteiger partial charge in [0.1, 0.15) is 5.82 Å². The number of piperidine rings is 1. The van der Waals surface area contributed by atoms with Crippen molar-refractivity contribution in [3.05, 3.63) is 30.2 Å². The van der Waals surface area contributed by atoms with Gasteiger partial charge in [0.25, 0.3) is 5.91 Å². The van der Waals surface area contributed by atoms with E-state index in [-0.39, 0.29) is 5.91 Å². The number of carbonyl (C=O) groups is 1. The zero-order valence-electron chi connectivity index (χ0n) is 11.4. The largest absolute Gasteiger partial charge is 0.382 e. The molecule has 0 aromatic carbocycles. The first-order valence-corrected chi connectivity index (χ1v) is 6.72. The molecule has 1 aliphatic heterocycles. The molecule has 0 saturated carbocycles. The highest BCUT2D eigenvalue weighted by Gasteiger charge is 2.25. The molecule has 1 aliphatic rings. The summed E-state index contributed by atoms with van der Waals surface area (Å²) in [4.78, 5) is 14.2. The van der Waals surface area contributed by atoms with Gasteiger partial charge in [-0.25, -0.2) is 0 Å². The van der Waals surface area contributed by atoms with Gasteiger partial charge in [-0.05, 0) is 18.9 Å². The van der Waals surface area contributed by atoms with Gasteiger partial charge < -0.3 is 10.6 Å². The maximum absolute atomic E-state index is 12.3. The van der Waals surface area contributed by atoms with Gasteiger partial charge in [0, 0.05) is 32.5 Å². The molecule has 1 saturated heterocycles. The molecular weight excluding hydrogens is 256 g/mol. The van der Waals surface area contributed by atoms with Crippen LogP contribution in [0.4, 0.5) is 5.82 Å². The van der Waals surface area contributed by atoms with Crippen LogP contribution in [0, 0.1) is 0 Å². The summed E-state index contributed by atoms with van der Waals surface area (Å²) in [5, 5.41) is 8.28. The minimum atomic E-state index is 0.0523. The Bertz CT molecular complexity index is 608. The monoisotopic (exact) mass is 274 g/mol. The molecule has 0 unspecified atom stereocenters. The molecular formula is C13H18N6O. The SMILES string of the molecule is Cn1cc(C(=O)N2CCC(n3ccc(N)n3)CC2)cn1. The number of anilines is 1. The highest BCUT2D eigenvalue weighted by Crippen LogP contribution is 2.23. The van der Waals surface area contributed by atoms with Crippen LogP contribution < -0.4 is 5.73 Å². The van der Waals surface area contributed by atoms with Crippen molar-refractivity contribution >= 4 is 11.7 Å². The number of nitrogens with two attached hydrogens (primary N) is 1. The lowest BCUT2D eigenvalue weighted by atomic mass is 10.0. The molecule has 7 nitrogen and oxygen atoms in total. The second kappa shape index (κ2) is 4.99. The fourth-order valence-corrected chi connectivity index (χ4v) is 2.60. The predicted octanol–water partition coefficient (Wildman–Crippen LogP) is 0.676. The summed E-state index contributed by atoms with van der Waals surface area (Å²) in [6, 6.07) is 2.12. The minimum absolute atomic E-state index is 0.0523. The van der Waals surface area contributed by atoms with Gasteiger partial charge in [0.2, 0.25) is 0 Å². The number of aromatic nitrogens is 4. The van der Waals surface area contributed by atoms with Crippen LogP contribution in [0.2, 0.25) is 0 Å². The zero-order chi connectivity index (χ0) is 14.1. The molecule has 7 heteroatoms. The van der Waals surface area contributed by atoms with Gasteiger partial charge in [0.15, 0.2) is 0 Å². The molecule has 0 bridgehead atoms. The van der Waals surface area contributed by atoms with E-state index in [0.717, 1.165) is 25.9 Å². The van der Waals surface area contributed by atoms with Gasteiger partial charge in [-0.3, -0.25) is 14.2 Å². The number of nitrogens with zero attached hydrogens (tertiary/aromatic N) is 5. The number of carbonyl (C=O) groups excluding carboxylic acids is 1. The summed E-state index contributed by atoms with van der Waals surface area (Å²) in [7, 11) is 1.81. The number of hydrogen-bond acceptors (Lipinski definition) is 4. The average molecular weight is 274 g/mol. The van der Waals surface area contributed by atoms with E-state index < -0.39 is 0 Å². The lowest BCUT2D eigenvalue weighted by molar-refractivity contribution is 0.0690. The molecule has 0 spiro atoms. The number of hydrogen-bond donors (Lipinski definition) is 1. The van der Waals surface area contributed by atoms with E-state index in [1.54, 1.807) is 23.1 Å². The Morgan fingerprint density at radius 1 is 1.40 bits per heavy atom. The van der Waals surface area contributed by atoms with E-state index in [4.69, 9.17) is 5.73 Å². The molecule has 2 aromatic rings. The van der Waals surface area contributed by atoms with Crippen LogP contribution in [0.1, 0.15) is 29.2 Å². The normalized spacial score (nSPS) is 16.6. The lowest BCUT2D eigenvalue weighted by Gasteiger charge is -2.31. The first-order valence-electron chi connectivity index (χ1n) is 6.72. The van der Waals surface area contributed by atoms with Gasteiger partial charge in [0.05, 0.1) is 17.8 Å². The minimum Gasteiger partial charge on any atom is -0.382 e. The van der Waals surface area contributed by atoms with E-state index in [2.05, 4.69) is 10.2 Å². The number of rotatable bonds is 2. The molecule has 0 radical (unpaired) electrons. The lowest BCUT2D eigenvalue weighted by Crippen LogP contribution is -2.39. The molecule has 1 fully saturated rings. The van der Waals surface area contributed by atoms with Crippen molar-refractivity contribution in [2.45, 2.75) is 18.9 Å². The second-order valence-corrected chi connectivity index (χ2v) is 5.15. The second-order valence-electron chi connectivity index (χ2n) is 5.15. The van der Waals surface area contributed by atoms with Crippen molar-refractivity contribution in [3.8, 4) is 0 Å². The molecule has 0 aliphatic carbocycles. The first-order chi connectivity index (χ1) is 9.63. The fraction of sp³-hybridized carbons (Fsp3) is 0.462. The average Bonchev–Trinajstić information content (AvgIpc) is 3.07. The summed E-state index contributed by atoms with van der Waals surface area (Å²) in [6.45, 7) is 1.47. The third-order valence-corrected chi connectivity index (χ3v) is 3.71. The number of aryl methyl sites for hydroxylation is 1. The summed E-state index contributed by atoms with van der Waals surface area (Å²) in [5.74, 6) is 0.593. The molecule has 2 N–H and O–H groups in total. The number of amides is 1. The first kappa shape index (κ1) is 12.7. The van der Waals surface area contributed by atoms with E-state index >= 15 is 0 Å². The van der Waals surface area contributed by atoms with Gasteiger partial charge in [-0.2, -0.15) is 10.2 Å². The maximum Gasteiger partial charge on any atom is 0.257 e. The third-order valence-electron chi connectivity index (χ3n) is 3.71. The number of likely N-dealkylation sites (tertiary alicyclic amines) is 1. The molecule has 3 heterocycles. The van der Waals surface area contributed by atoms with E-state index in [1.165, 1.54) is 0 Å². The summed E-state index contributed by atoms with van der Waals surface area (Å²) in [6.07, 6.45) is 7.06. The number of nitrogen functional groups attached to an aromatic ring is 1. The van der Waals surface area contributed by atoms with E-state index in [0.29, 0.717) is 17.4 Å². The highest BCUT2D eigenvalue weighted by atomic mass is 16.2. The van der Waals surface area contributed by atoms with Crippen molar-refractivity contribution in [2.24, 2.45) is 7.05 Å². The summed E-state index contributed by atoms with van der Waals surface area (Å²) in [5.41, 5.74) is 6.28. The van der Waals surface area contributed by atoms with Crippen molar-refractivity contribution in [1.29, 1.82) is 0 Å². The van der Waals surface area contributed by atoms with Crippen LogP contribution in [0.15, 0.2) is 24.7 Å². The molecule has 0 atom stereocenters. The van der Waals surface area contributed by atoms with Gasteiger partial charge >= 0.3 is 0 Å². The van der Waals surface area contributed by atoms with Crippen molar-refractivity contribution in [1.82, 2.24) is 24.5 Å². The standard InChI is InChI=1S/C13H18N6O/c1-17-9-10(8-15-17)13(20)18-5-2-11(3-6-18)19-7-4-12(14)16-19/h4,7-9,11H,2-3,5-6H2,1H3,(H2,14,16). The predicted molar refractivity (Wildman–Crippen MR) is 74.0 cm³/mol. The van der Waals surface area contributed by atoms with Crippen LogP contribution >= 0.6 is 0 Å². The maximum atomic E-state index is 12.3. The van der Waals surface area contributed by atoms with Crippen LogP contribution in [-0.4, -0.2) is 43.5 Å². The Morgan fingerprint density at radius 2 is 2.15 bits per heavy atom. The summed E-state index contributed by atoms with van der Waals surface area (Å²) < 4.78 is 3.55. The Morgan fingerprint density at radius 3 is 2.70 bits per heavy atom. The van der Waals surface area contributed by atoms with Crippen LogP contribution in [0.3, 0.4) is 0 Å². The fourth-order valence-electron chi connectivity index (χ4n) is 2.60. The van der Waals surface area contributed by atoms with Crippen LogP contribution in [0.25, 0.3) is 0 Å². The molecule has 20 heavy (non-hydrogen) atoms. The highest BCUT2D eigenvalue weighted by molar-refractivity contribution is 5.93. The van der Waals surface area contributed by atoms with Crippen molar-refractivity contribution in [2.75, 3.05) is 18.8 Å². The van der Waals surface area contributed by atoms with E-state index in [1.807, 2.05) is 22.8 Å². The molecule has 106 valence electrons. The van der Waals surface area contributed by atoms with Gasteiger partial charge in [-0.1, -0.05) is 0 Å². The Hall–Kier alpha value is -2.31. The Kier molecular flexibility index (Phi) is 3.17. The topological polar surface area (TPSA) is 82.0 Å².